The van der Waals surface area contributed by atoms with Crippen molar-refractivity contribution < 1.29 is 75.5 Å². The Kier molecular flexibility index (Phi) is 14.3. The van der Waals surface area contributed by atoms with E-state index in [4.69, 9.17) is 26.2 Å². The number of nitrogens with one attached hydrogen (secondary N) is 2. The van der Waals surface area contributed by atoms with Gasteiger partial charge in [0, 0.05) is 29.3 Å². The molecular weight excluding hydrogens is 688 g/mol. The zero-order valence-electron chi connectivity index (χ0n) is 29.3. The van der Waals surface area contributed by atoms with Crippen LogP contribution in [0.5, 0.6) is 17.2 Å². The van der Waals surface area contributed by atoms with Gasteiger partial charge in [0.1, 0.15) is 29.7 Å². The van der Waals surface area contributed by atoms with Crippen molar-refractivity contribution in [1.82, 2.24) is 19.7 Å². The van der Waals surface area contributed by atoms with Crippen LogP contribution < -0.4 is 81.8 Å². The number of urea groups is 1. The van der Waals surface area contributed by atoms with Gasteiger partial charge >= 0.3 is 57.4 Å². The first kappa shape index (κ1) is 40.8. The molecular formula is C37H40ClFKN5O5. The number of carbonyl (C=O) groups excluding carboxylic acids is 1. The number of carbonyl (C=O) groups is 1. The number of aromatic nitrogens is 3. The number of ether oxygens (including phenoxy) is 2. The van der Waals surface area contributed by atoms with Gasteiger partial charge in [-0.05, 0) is 55.3 Å². The molecule has 0 aliphatic carbocycles. The Morgan fingerprint density at radius 1 is 0.940 bits per heavy atom. The standard InChI is InChI=1S/C37H40ClN5O5.FH.K/c1-23-17-32(24(2)35(45)42(23)21-26-12-9-10-14-31(26)47-6)48-22-27-13-8-7-11-25(27)20-39-36(46)40-34-19-33(37(3,4)5)41-43(34)28-15-16-30(44)29(38)18-28;;/h7-19,44H,20-22H2,1-6H3,(H2,39,40,46);1H;/q;;+1/p-1. The summed E-state index contributed by atoms with van der Waals surface area (Å²) >= 11 is 6.16. The minimum atomic E-state index is -0.428. The summed E-state index contributed by atoms with van der Waals surface area (Å²) < 4.78 is 15.0. The van der Waals surface area contributed by atoms with E-state index in [2.05, 4.69) is 10.6 Å². The number of phenolic OH excluding ortho intramolecular Hbond substituents is 1. The molecule has 0 unspecified atom stereocenters. The number of benzene rings is 3. The van der Waals surface area contributed by atoms with Crippen LogP contribution in [0.15, 0.2) is 83.7 Å². The number of aromatic hydroxyl groups is 1. The summed E-state index contributed by atoms with van der Waals surface area (Å²) in [5.74, 6) is 1.63. The van der Waals surface area contributed by atoms with Crippen LogP contribution in [0.2, 0.25) is 5.02 Å². The monoisotopic (exact) mass is 727 g/mol. The molecule has 5 rings (SSSR count). The van der Waals surface area contributed by atoms with Crippen molar-refractivity contribution in [2.24, 2.45) is 0 Å². The average Bonchev–Trinajstić information content (AvgIpc) is 3.49. The summed E-state index contributed by atoms with van der Waals surface area (Å²) in [6.45, 7) is 10.6. The van der Waals surface area contributed by atoms with E-state index in [1.165, 1.54) is 6.07 Å². The molecule has 0 radical (unpaired) electrons. The number of para-hydroxylation sites is 1. The van der Waals surface area contributed by atoms with Crippen LogP contribution in [-0.2, 0) is 25.1 Å². The van der Waals surface area contributed by atoms with Crippen molar-refractivity contribution in [1.29, 1.82) is 0 Å². The molecule has 0 atom stereocenters. The van der Waals surface area contributed by atoms with Crippen molar-refractivity contribution in [3.8, 4) is 22.9 Å². The Morgan fingerprint density at radius 2 is 1.60 bits per heavy atom. The van der Waals surface area contributed by atoms with Crippen LogP contribution in [-0.4, -0.2) is 32.6 Å². The number of rotatable bonds is 10. The number of hydrogen-bond acceptors (Lipinski definition) is 6. The molecule has 0 saturated heterocycles. The van der Waals surface area contributed by atoms with Gasteiger partial charge in [0.2, 0.25) is 0 Å². The normalized spacial score (nSPS) is 10.9. The Morgan fingerprint density at radius 3 is 2.26 bits per heavy atom. The Hall–Kier alpha value is -3.65. The number of halogens is 2. The predicted octanol–water partition coefficient (Wildman–Crippen LogP) is 1.27. The Labute approximate surface area is 338 Å². The van der Waals surface area contributed by atoms with Gasteiger partial charge in [-0.2, -0.15) is 5.10 Å². The van der Waals surface area contributed by atoms with E-state index in [-0.39, 0.29) is 91.0 Å². The molecule has 0 spiro atoms. The van der Waals surface area contributed by atoms with Gasteiger partial charge in [0.15, 0.2) is 0 Å². The first-order valence-corrected chi connectivity index (χ1v) is 15.9. The van der Waals surface area contributed by atoms with Gasteiger partial charge in [-0.3, -0.25) is 10.1 Å². The van der Waals surface area contributed by atoms with Crippen LogP contribution in [0.1, 0.15) is 54.4 Å². The minimum absolute atomic E-state index is 0. The first-order valence-electron chi connectivity index (χ1n) is 15.5. The Bertz CT molecular complexity index is 2020. The molecule has 2 heterocycles. The number of amides is 2. The number of aryl methyl sites for hydroxylation is 1. The van der Waals surface area contributed by atoms with Crippen LogP contribution in [0.4, 0.5) is 10.6 Å². The molecule has 10 nitrogen and oxygen atoms in total. The van der Waals surface area contributed by atoms with Gasteiger partial charge in [0.25, 0.3) is 5.56 Å². The number of phenols is 1. The summed E-state index contributed by atoms with van der Waals surface area (Å²) in [4.78, 5) is 26.5. The van der Waals surface area contributed by atoms with Crippen LogP contribution in [0, 0.1) is 13.8 Å². The van der Waals surface area contributed by atoms with Gasteiger partial charge in [0.05, 0.1) is 35.6 Å². The summed E-state index contributed by atoms with van der Waals surface area (Å²) in [7, 11) is 1.62. The summed E-state index contributed by atoms with van der Waals surface area (Å²) in [6.07, 6.45) is 0. The molecule has 2 aromatic heterocycles. The third-order valence-corrected chi connectivity index (χ3v) is 8.36. The van der Waals surface area contributed by atoms with E-state index >= 15 is 0 Å². The number of nitrogens with zero attached hydrogens (tertiary/aromatic N) is 3. The van der Waals surface area contributed by atoms with Crippen LogP contribution in [0.25, 0.3) is 5.69 Å². The van der Waals surface area contributed by atoms with Gasteiger partial charge < -0.3 is 29.2 Å². The number of methoxy groups -OCH3 is 1. The van der Waals surface area contributed by atoms with Crippen molar-refractivity contribution >= 4 is 23.4 Å². The molecule has 13 heteroatoms. The molecule has 50 heavy (non-hydrogen) atoms. The maximum atomic E-state index is 13.4. The second-order valence-electron chi connectivity index (χ2n) is 12.6. The maximum absolute atomic E-state index is 13.4. The molecule has 0 saturated carbocycles. The smallest absolute Gasteiger partial charge is 1.00 e. The molecule has 0 aliphatic heterocycles. The maximum Gasteiger partial charge on any atom is 1.00 e. The Balaban J connectivity index is 0.00000338. The van der Waals surface area contributed by atoms with Gasteiger partial charge in [-0.15, -0.1) is 0 Å². The average molecular weight is 728 g/mol. The third-order valence-electron chi connectivity index (χ3n) is 8.06. The molecule has 5 aromatic rings. The van der Waals surface area contributed by atoms with Crippen molar-refractivity contribution in [2.75, 3.05) is 12.4 Å². The second-order valence-corrected chi connectivity index (χ2v) is 13.0. The fourth-order valence-corrected chi connectivity index (χ4v) is 5.39. The summed E-state index contributed by atoms with van der Waals surface area (Å²) in [5, 5.41) is 20.6. The van der Waals surface area contributed by atoms with Crippen LogP contribution >= 0.6 is 11.6 Å². The van der Waals surface area contributed by atoms with Crippen molar-refractivity contribution in [3.05, 3.63) is 128 Å². The quantitative estimate of drug-likeness (QED) is 0.187. The zero-order chi connectivity index (χ0) is 34.6. The van der Waals surface area contributed by atoms with E-state index < -0.39 is 6.03 Å². The SMILES string of the molecule is COc1ccccc1Cn1c(C)cc(OCc2ccccc2CNC(=O)Nc2cc(C(C)(C)C)nn2-c2ccc(O)c(Cl)c2)c(C)c1=O.[F-].[K+]. The fraction of sp³-hybridized carbons (Fsp3) is 0.270. The largest absolute Gasteiger partial charge is 1.00 e. The molecule has 258 valence electrons. The van der Waals surface area contributed by atoms with Gasteiger partial charge in [-0.1, -0.05) is 74.8 Å². The predicted molar refractivity (Wildman–Crippen MR) is 188 cm³/mol. The zero-order valence-corrected chi connectivity index (χ0v) is 33.2. The van der Waals surface area contributed by atoms with Gasteiger partial charge in [-0.25, -0.2) is 9.48 Å². The molecule has 0 aliphatic rings. The van der Waals surface area contributed by atoms with Crippen molar-refractivity contribution in [2.45, 2.75) is 59.7 Å². The molecule has 3 N–H and O–H groups in total. The van der Waals surface area contributed by atoms with E-state index in [0.29, 0.717) is 29.4 Å². The minimum Gasteiger partial charge on any atom is -1.00 e. The van der Waals surface area contributed by atoms with Crippen molar-refractivity contribution in [3.63, 3.8) is 0 Å². The van der Waals surface area contributed by atoms with E-state index in [1.54, 1.807) is 35.4 Å². The first-order chi connectivity index (χ1) is 22.8. The fourth-order valence-electron chi connectivity index (χ4n) is 5.22. The summed E-state index contributed by atoms with van der Waals surface area (Å²) in [6, 6.07) is 23.3. The number of hydrogen-bond donors (Lipinski definition) is 3. The topological polar surface area (TPSA) is 120 Å². The third kappa shape index (κ3) is 9.56. The molecule has 0 fully saturated rings. The van der Waals surface area contributed by atoms with E-state index in [1.807, 2.05) is 88.4 Å². The van der Waals surface area contributed by atoms with E-state index in [9.17, 15) is 14.7 Å². The van der Waals surface area contributed by atoms with Crippen LogP contribution in [0.3, 0.4) is 0 Å². The number of pyridine rings is 1. The summed E-state index contributed by atoms with van der Waals surface area (Å²) in [5.41, 5.74) is 4.85. The number of anilines is 1. The molecule has 0 bridgehead atoms. The molecule has 2 amide bonds. The molecule has 3 aromatic carbocycles. The van der Waals surface area contributed by atoms with E-state index in [0.717, 1.165) is 33.8 Å². The second kappa shape index (κ2) is 17.5.